The highest BCUT2D eigenvalue weighted by atomic mass is 19.2. The molecular weight excluding hydrogens is 562 g/mol. The number of hydrogen-bond acceptors (Lipinski definition) is 4. The molecule has 2 N–H and O–H groups in total. The van der Waals surface area contributed by atoms with Crippen LogP contribution in [0.3, 0.4) is 0 Å². The van der Waals surface area contributed by atoms with Crippen molar-refractivity contribution in [3.8, 4) is 0 Å². The highest BCUT2D eigenvalue weighted by Crippen LogP contribution is 2.39. The molecule has 44 heavy (non-hydrogen) atoms. The van der Waals surface area contributed by atoms with Gasteiger partial charge < -0.3 is 20.1 Å². The van der Waals surface area contributed by atoms with Crippen molar-refractivity contribution >= 4 is 28.9 Å². The number of carbonyl (C=O) groups is 2. The van der Waals surface area contributed by atoms with Crippen LogP contribution in [0.15, 0.2) is 83.7 Å². The minimum absolute atomic E-state index is 0.00693. The van der Waals surface area contributed by atoms with E-state index in [4.69, 9.17) is 0 Å². The Labute approximate surface area is 254 Å². The molecule has 1 aromatic heterocycles. The lowest BCUT2D eigenvalue weighted by molar-refractivity contribution is 0.101. The summed E-state index contributed by atoms with van der Waals surface area (Å²) in [7, 11) is 0. The Balaban J connectivity index is 1.32. The van der Waals surface area contributed by atoms with Crippen LogP contribution in [0, 0.1) is 17.6 Å². The standard InChI is InChI=1S/C35H34F2N4O3/c1-35(2,3)25-10-7-22(8-11-25)33(43)39-29-16-23(34(44)38-26-12-13-27(36)28(37)17-26)9-14-31(29)40-18-21-15-24(20-40)30-5-4-6-32(42)41(30)19-21/h4-14,16-17,21,24H,15,18-20H2,1-3H3,(H,38,44)(H,39,43)/t21-,24+/m1/s1. The van der Waals surface area contributed by atoms with E-state index in [-0.39, 0.29) is 40.0 Å². The van der Waals surface area contributed by atoms with E-state index in [0.29, 0.717) is 30.9 Å². The van der Waals surface area contributed by atoms with Gasteiger partial charge in [-0.15, -0.1) is 0 Å². The molecule has 2 amide bonds. The van der Waals surface area contributed by atoms with Crippen LogP contribution in [0.4, 0.5) is 25.8 Å². The first-order valence-electron chi connectivity index (χ1n) is 14.7. The predicted octanol–water partition coefficient (Wildman–Crippen LogP) is 6.55. The molecule has 2 aliphatic rings. The van der Waals surface area contributed by atoms with Crippen molar-refractivity contribution in [3.05, 3.63) is 123 Å². The molecule has 0 spiro atoms. The van der Waals surface area contributed by atoms with Gasteiger partial charge in [0.2, 0.25) is 0 Å². The number of halogens is 2. The quantitative estimate of drug-likeness (QED) is 0.274. The summed E-state index contributed by atoms with van der Waals surface area (Å²) in [5.74, 6) is -2.54. The van der Waals surface area contributed by atoms with Gasteiger partial charge in [-0.05, 0) is 71.8 Å². The minimum atomic E-state index is -1.07. The van der Waals surface area contributed by atoms with Crippen LogP contribution in [0.1, 0.15) is 65.1 Å². The summed E-state index contributed by atoms with van der Waals surface area (Å²) in [5, 5.41) is 5.63. The summed E-state index contributed by atoms with van der Waals surface area (Å²) in [4.78, 5) is 41.4. The Hall–Kier alpha value is -4.79. The van der Waals surface area contributed by atoms with Gasteiger partial charge in [-0.25, -0.2) is 8.78 Å². The van der Waals surface area contributed by atoms with Crippen molar-refractivity contribution in [2.75, 3.05) is 28.6 Å². The molecule has 0 saturated carbocycles. The van der Waals surface area contributed by atoms with Gasteiger partial charge in [0.15, 0.2) is 11.6 Å². The molecular formula is C35H34F2N4O3. The summed E-state index contributed by atoms with van der Waals surface area (Å²) in [6.45, 7) is 8.26. The number of fused-ring (bicyclic) bond motifs is 4. The van der Waals surface area contributed by atoms with Crippen LogP contribution in [0.2, 0.25) is 0 Å². The van der Waals surface area contributed by atoms with Gasteiger partial charge >= 0.3 is 0 Å². The van der Waals surface area contributed by atoms with E-state index in [1.807, 2.05) is 22.8 Å². The summed E-state index contributed by atoms with van der Waals surface area (Å²) in [6.07, 6.45) is 0.969. The number of amides is 2. The van der Waals surface area contributed by atoms with Crippen LogP contribution in [0.25, 0.3) is 0 Å². The lowest BCUT2D eigenvalue weighted by Crippen LogP contribution is -2.47. The van der Waals surface area contributed by atoms with E-state index in [0.717, 1.165) is 35.5 Å². The molecule has 1 saturated heterocycles. The third-order valence-corrected chi connectivity index (χ3v) is 8.52. The summed E-state index contributed by atoms with van der Waals surface area (Å²) in [5.41, 5.74) is 4.10. The van der Waals surface area contributed by atoms with Crippen molar-refractivity contribution in [3.63, 3.8) is 0 Å². The molecule has 0 radical (unpaired) electrons. The molecule has 2 atom stereocenters. The Kier molecular flexibility index (Phi) is 7.57. The van der Waals surface area contributed by atoms with Crippen LogP contribution in [-0.4, -0.2) is 29.5 Å². The zero-order valence-electron chi connectivity index (χ0n) is 24.9. The maximum Gasteiger partial charge on any atom is 0.255 e. The van der Waals surface area contributed by atoms with Crippen LogP contribution >= 0.6 is 0 Å². The van der Waals surface area contributed by atoms with Gasteiger partial charge in [0.05, 0.1) is 11.4 Å². The molecule has 9 heteroatoms. The van der Waals surface area contributed by atoms with Crippen LogP contribution in [0.5, 0.6) is 0 Å². The molecule has 1 fully saturated rings. The van der Waals surface area contributed by atoms with Crippen LogP contribution < -0.4 is 21.1 Å². The second-order valence-electron chi connectivity index (χ2n) is 12.7. The fourth-order valence-electron chi connectivity index (χ4n) is 6.24. The first kappa shape index (κ1) is 29.3. The Morgan fingerprint density at radius 2 is 1.52 bits per heavy atom. The average molecular weight is 597 g/mol. The second-order valence-corrected chi connectivity index (χ2v) is 12.7. The molecule has 3 heterocycles. The molecule has 2 aliphatic heterocycles. The Morgan fingerprint density at radius 3 is 2.25 bits per heavy atom. The zero-order valence-corrected chi connectivity index (χ0v) is 24.9. The fraction of sp³-hybridized carbons (Fsp3) is 0.286. The number of piperidine rings is 1. The number of pyridine rings is 1. The number of rotatable bonds is 5. The monoisotopic (exact) mass is 596 g/mol. The Morgan fingerprint density at radius 1 is 0.795 bits per heavy atom. The Bertz CT molecular complexity index is 1810. The van der Waals surface area contributed by atoms with E-state index in [9.17, 15) is 23.2 Å². The molecule has 0 unspecified atom stereocenters. The number of carbonyl (C=O) groups excluding carboxylic acids is 2. The summed E-state index contributed by atoms with van der Waals surface area (Å²) >= 11 is 0. The maximum atomic E-state index is 13.8. The van der Waals surface area contributed by atoms with Gasteiger partial charge in [-0.2, -0.15) is 0 Å². The second kappa shape index (κ2) is 11.4. The minimum Gasteiger partial charge on any atom is -0.369 e. The third-order valence-electron chi connectivity index (χ3n) is 8.52. The van der Waals surface area contributed by atoms with E-state index >= 15 is 0 Å². The predicted molar refractivity (Wildman–Crippen MR) is 168 cm³/mol. The topological polar surface area (TPSA) is 83.4 Å². The fourth-order valence-corrected chi connectivity index (χ4v) is 6.24. The summed E-state index contributed by atoms with van der Waals surface area (Å²) < 4.78 is 29.0. The van der Waals surface area contributed by atoms with Crippen LogP contribution in [-0.2, 0) is 12.0 Å². The highest BCUT2D eigenvalue weighted by Gasteiger charge is 2.35. The molecule has 2 bridgehead atoms. The van der Waals surface area contributed by atoms with Gasteiger partial charge in [0.25, 0.3) is 17.4 Å². The number of aromatic nitrogens is 1. The zero-order chi connectivity index (χ0) is 31.2. The molecule has 6 rings (SSSR count). The molecule has 0 aliphatic carbocycles. The van der Waals surface area contributed by atoms with Gasteiger partial charge in [0, 0.05) is 60.2 Å². The van der Waals surface area contributed by atoms with E-state index in [2.05, 4.69) is 36.3 Å². The largest absolute Gasteiger partial charge is 0.369 e. The lowest BCUT2D eigenvalue weighted by Gasteiger charge is -2.44. The summed E-state index contributed by atoms with van der Waals surface area (Å²) in [6, 6.07) is 21.0. The number of nitrogens with zero attached hydrogens (tertiary/aromatic N) is 2. The van der Waals surface area contributed by atoms with E-state index in [1.165, 1.54) is 6.07 Å². The van der Waals surface area contributed by atoms with Crippen molar-refractivity contribution in [2.24, 2.45) is 5.92 Å². The van der Waals surface area contributed by atoms with E-state index in [1.54, 1.807) is 42.5 Å². The normalized spacial score (nSPS) is 17.5. The maximum absolute atomic E-state index is 13.8. The van der Waals surface area contributed by atoms with E-state index < -0.39 is 17.5 Å². The number of hydrogen-bond donors (Lipinski definition) is 2. The number of nitrogens with one attached hydrogen (secondary N) is 2. The SMILES string of the molecule is CC(C)(C)c1ccc(C(=O)Nc2cc(C(=O)Nc3ccc(F)c(F)c3)ccc2N2C[C@H]3C[C@@H](C2)c2cccc(=O)n2C3)cc1. The molecule has 3 aromatic carbocycles. The molecule has 226 valence electrons. The lowest BCUT2D eigenvalue weighted by atomic mass is 9.83. The average Bonchev–Trinajstić information content (AvgIpc) is 2.99. The van der Waals surface area contributed by atoms with Crippen molar-refractivity contribution in [1.82, 2.24) is 4.57 Å². The number of benzene rings is 3. The van der Waals surface area contributed by atoms with Gasteiger partial charge in [-0.1, -0.05) is 39.0 Å². The first-order valence-corrected chi connectivity index (χ1v) is 14.7. The smallest absolute Gasteiger partial charge is 0.255 e. The molecule has 7 nitrogen and oxygen atoms in total. The highest BCUT2D eigenvalue weighted by molar-refractivity contribution is 6.09. The number of anilines is 3. The molecule has 4 aromatic rings. The van der Waals surface area contributed by atoms with Gasteiger partial charge in [0.1, 0.15) is 0 Å². The third kappa shape index (κ3) is 5.86. The van der Waals surface area contributed by atoms with Gasteiger partial charge in [-0.3, -0.25) is 14.4 Å². The van der Waals surface area contributed by atoms with Crippen molar-refractivity contribution < 1.29 is 18.4 Å². The first-order chi connectivity index (χ1) is 21.0. The van der Waals surface area contributed by atoms with Crippen molar-refractivity contribution in [1.29, 1.82) is 0 Å². The van der Waals surface area contributed by atoms with Crippen molar-refractivity contribution in [2.45, 2.75) is 45.1 Å².